The fourth-order valence-corrected chi connectivity index (χ4v) is 3.40. The monoisotopic (exact) mass is 323 g/mol. The Morgan fingerprint density at radius 3 is 2.78 bits per heavy atom. The number of aromatic nitrogens is 1. The molecule has 2 aromatic rings. The Morgan fingerprint density at radius 1 is 1.17 bits per heavy atom. The van der Waals surface area contributed by atoms with Gasteiger partial charge in [-0.15, -0.1) is 0 Å². The molecular weight excluding hydrogens is 310 g/mol. The molecule has 0 bridgehead atoms. The average molecular weight is 325 g/mol. The first-order chi connectivity index (χ1) is 8.68. The minimum atomic E-state index is 0.924. The number of benzene rings is 1. The molecular formula is C15H15BrClN. The second kappa shape index (κ2) is 4.82. The summed E-state index contributed by atoms with van der Waals surface area (Å²) in [5, 5.41) is 2.02. The molecule has 0 spiro atoms. The predicted molar refractivity (Wildman–Crippen MR) is 80.4 cm³/mol. The van der Waals surface area contributed by atoms with Crippen molar-refractivity contribution in [3.05, 3.63) is 38.4 Å². The molecule has 1 nitrogen and oxygen atoms in total. The molecule has 0 atom stereocenters. The Bertz CT molecular complexity index is 622. The van der Waals surface area contributed by atoms with Crippen molar-refractivity contribution in [2.24, 2.45) is 0 Å². The summed E-state index contributed by atoms with van der Waals surface area (Å²) in [6, 6.07) is 4.14. The summed E-state index contributed by atoms with van der Waals surface area (Å²) >= 11 is 10.2. The molecule has 1 aliphatic rings. The average Bonchev–Trinajstić information content (AvgIpc) is 2.60. The van der Waals surface area contributed by atoms with E-state index in [-0.39, 0.29) is 0 Å². The van der Waals surface area contributed by atoms with Crippen molar-refractivity contribution in [2.75, 3.05) is 0 Å². The lowest BCUT2D eigenvalue weighted by Gasteiger charge is -2.13. The van der Waals surface area contributed by atoms with Crippen molar-refractivity contribution in [3.63, 3.8) is 0 Å². The quantitative estimate of drug-likeness (QED) is 0.605. The number of nitrogens with zero attached hydrogens (tertiary/aromatic N) is 1. The van der Waals surface area contributed by atoms with E-state index in [4.69, 9.17) is 16.6 Å². The molecule has 94 valence electrons. The van der Waals surface area contributed by atoms with Gasteiger partial charge in [0, 0.05) is 15.6 Å². The number of pyridine rings is 1. The standard InChI is InChI=1S/C15H15BrClN/c1-9-12(16)8-7-11-14(17)10-5-3-2-4-6-13(10)18-15(9)11/h7-8H,2-6H2,1H3. The van der Waals surface area contributed by atoms with Crippen LogP contribution in [0.1, 0.15) is 36.1 Å². The smallest absolute Gasteiger partial charge is 0.0760 e. The lowest BCUT2D eigenvalue weighted by Crippen LogP contribution is -1.99. The molecule has 1 aromatic heterocycles. The normalized spacial score (nSPS) is 15.5. The minimum Gasteiger partial charge on any atom is -0.252 e. The summed E-state index contributed by atoms with van der Waals surface area (Å²) < 4.78 is 1.10. The van der Waals surface area contributed by atoms with Gasteiger partial charge in [0.2, 0.25) is 0 Å². The highest BCUT2D eigenvalue weighted by atomic mass is 79.9. The highest BCUT2D eigenvalue weighted by Crippen LogP contribution is 2.35. The number of hydrogen-bond donors (Lipinski definition) is 0. The maximum atomic E-state index is 6.60. The van der Waals surface area contributed by atoms with Gasteiger partial charge in [0.15, 0.2) is 0 Å². The fraction of sp³-hybridized carbons (Fsp3) is 0.400. The number of fused-ring (bicyclic) bond motifs is 2. The van der Waals surface area contributed by atoms with Crippen LogP contribution in [0, 0.1) is 6.92 Å². The summed E-state index contributed by atoms with van der Waals surface area (Å²) in [5.41, 5.74) is 4.73. The Hall–Kier alpha value is -0.600. The second-order valence-electron chi connectivity index (χ2n) is 4.98. The fourth-order valence-electron chi connectivity index (χ4n) is 2.72. The van der Waals surface area contributed by atoms with E-state index in [1.807, 2.05) is 0 Å². The van der Waals surface area contributed by atoms with E-state index in [2.05, 4.69) is 35.0 Å². The van der Waals surface area contributed by atoms with Gasteiger partial charge >= 0.3 is 0 Å². The van der Waals surface area contributed by atoms with Gasteiger partial charge in [-0.3, -0.25) is 4.98 Å². The van der Waals surface area contributed by atoms with E-state index in [9.17, 15) is 0 Å². The van der Waals surface area contributed by atoms with Crippen molar-refractivity contribution in [1.82, 2.24) is 4.98 Å². The molecule has 1 aliphatic carbocycles. The van der Waals surface area contributed by atoms with Crippen LogP contribution >= 0.6 is 27.5 Å². The van der Waals surface area contributed by atoms with Gasteiger partial charge in [0.05, 0.1) is 10.5 Å². The van der Waals surface area contributed by atoms with Crippen LogP contribution in [-0.4, -0.2) is 4.98 Å². The molecule has 3 rings (SSSR count). The van der Waals surface area contributed by atoms with Gasteiger partial charge in [-0.25, -0.2) is 0 Å². The van der Waals surface area contributed by atoms with E-state index in [1.165, 1.54) is 36.1 Å². The molecule has 18 heavy (non-hydrogen) atoms. The molecule has 1 aromatic carbocycles. The second-order valence-corrected chi connectivity index (χ2v) is 6.21. The molecule has 3 heteroatoms. The van der Waals surface area contributed by atoms with Gasteiger partial charge in [0.1, 0.15) is 0 Å². The van der Waals surface area contributed by atoms with E-state index < -0.39 is 0 Å². The first kappa shape index (κ1) is 12.4. The molecule has 0 amide bonds. The molecule has 0 saturated heterocycles. The summed E-state index contributed by atoms with van der Waals surface area (Å²) in [6.07, 6.45) is 5.89. The van der Waals surface area contributed by atoms with Crippen molar-refractivity contribution < 1.29 is 0 Å². The van der Waals surface area contributed by atoms with Crippen LogP contribution in [0.25, 0.3) is 10.9 Å². The minimum absolute atomic E-state index is 0.924. The van der Waals surface area contributed by atoms with Crippen LogP contribution in [0.15, 0.2) is 16.6 Å². The van der Waals surface area contributed by atoms with Gasteiger partial charge < -0.3 is 0 Å². The summed E-state index contributed by atoms with van der Waals surface area (Å²) in [5.74, 6) is 0. The van der Waals surface area contributed by atoms with Crippen molar-refractivity contribution in [2.45, 2.75) is 39.0 Å². The third-order valence-corrected chi connectivity index (χ3v) is 5.09. The zero-order valence-corrected chi connectivity index (χ0v) is 12.7. The van der Waals surface area contributed by atoms with Gasteiger partial charge in [-0.1, -0.05) is 40.0 Å². The Kier molecular flexibility index (Phi) is 3.33. The molecule has 0 saturated carbocycles. The molecule has 0 fully saturated rings. The molecule has 0 N–H and O–H groups in total. The number of hydrogen-bond acceptors (Lipinski definition) is 1. The van der Waals surface area contributed by atoms with Gasteiger partial charge in [0.25, 0.3) is 0 Å². The zero-order valence-electron chi connectivity index (χ0n) is 10.4. The Balaban J connectivity index is 2.34. The van der Waals surface area contributed by atoms with Crippen molar-refractivity contribution >= 4 is 38.4 Å². The highest BCUT2D eigenvalue weighted by molar-refractivity contribution is 9.10. The van der Waals surface area contributed by atoms with Crippen LogP contribution in [0.3, 0.4) is 0 Å². The maximum Gasteiger partial charge on any atom is 0.0760 e. The largest absolute Gasteiger partial charge is 0.252 e. The van der Waals surface area contributed by atoms with Gasteiger partial charge in [-0.05, 0) is 49.8 Å². The van der Waals surface area contributed by atoms with Crippen LogP contribution < -0.4 is 0 Å². The van der Waals surface area contributed by atoms with Gasteiger partial charge in [-0.2, -0.15) is 0 Å². The lowest BCUT2D eigenvalue weighted by atomic mass is 10.0. The maximum absolute atomic E-state index is 6.60. The number of halogens is 2. The Labute approximate surface area is 121 Å². The Morgan fingerprint density at radius 2 is 1.94 bits per heavy atom. The van der Waals surface area contributed by atoms with E-state index in [0.717, 1.165) is 33.2 Å². The lowest BCUT2D eigenvalue weighted by molar-refractivity contribution is 0.709. The van der Waals surface area contributed by atoms with E-state index in [0.29, 0.717) is 0 Å². The molecule has 0 aliphatic heterocycles. The van der Waals surface area contributed by atoms with Crippen LogP contribution in [0.5, 0.6) is 0 Å². The number of aryl methyl sites for hydroxylation is 2. The third kappa shape index (κ3) is 1.96. The summed E-state index contributed by atoms with van der Waals surface area (Å²) in [6.45, 7) is 2.10. The first-order valence-corrected chi connectivity index (χ1v) is 7.61. The topological polar surface area (TPSA) is 12.9 Å². The van der Waals surface area contributed by atoms with E-state index in [1.54, 1.807) is 0 Å². The SMILES string of the molecule is Cc1c(Br)ccc2c(Cl)c3c(nc12)CCCCC3. The number of rotatable bonds is 0. The molecule has 0 radical (unpaired) electrons. The van der Waals surface area contributed by atoms with E-state index >= 15 is 0 Å². The molecule has 1 heterocycles. The summed E-state index contributed by atoms with van der Waals surface area (Å²) in [7, 11) is 0. The first-order valence-electron chi connectivity index (χ1n) is 6.44. The van der Waals surface area contributed by atoms with Crippen LogP contribution in [-0.2, 0) is 12.8 Å². The zero-order chi connectivity index (χ0) is 12.7. The van der Waals surface area contributed by atoms with Crippen LogP contribution in [0.4, 0.5) is 0 Å². The van der Waals surface area contributed by atoms with Crippen LogP contribution in [0.2, 0.25) is 5.02 Å². The van der Waals surface area contributed by atoms with Crippen molar-refractivity contribution in [1.29, 1.82) is 0 Å². The molecule has 0 unspecified atom stereocenters. The van der Waals surface area contributed by atoms with Crippen molar-refractivity contribution in [3.8, 4) is 0 Å². The summed E-state index contributed by atoms with van der Waals surface area (Å²) in [4.78, 5) is 4.88. The third-order valence-electron chi connectivity index (χ3n) is 3.80. The highest BCUT2D eigenvalue weighted by Gasteiger charge is 2.17. The predicted octanol–water partition coefficient (Wildman–Crippen LogP) is 5.23.